The fraction of sp³-hybridized carbons (Fsp3) is 0.500. The van der Waals surface area contributed by atoms with Crippen LogP contribution in [-0.2, 0) is 0 Å². The third kappa shape index (κ3) is 4.40. The van der Waals surface area contributed by atoms with E-state index in [1.807, 2.05) is 6.07 Å². The first-order valence-electron chi connectivity index (χ1n) is 5.36. The zero-order chi connectivity index (χ0) is 11.3. The molecule has 0 aromatic heterocycles. The molecule has 1 atom stereocenters. The van der Waals surface area contributed by atoms with Gasteiger partial charge >= 0.3 is 0 Å². The lowest BCUT2D eigenvalue weighted by Crippen LogP contribution is -2.12. The van der Waals surface area contributed by atoms with Gasteiger partial charge in [-0.15, -0.1) is 12.4 Å². The summed E-state index contributed by atoms with van der Waals surface area (Å²) in [6.07, 6.45) is 4.21. The van der Waals surface area contributed by atoms with Crippen LogP contribution in [0, 0.1) is 5.82 Å². The highest BCUT2D eigenvalue weighted by Crippen LogP contribution is 2.27. The van der Waals surface area contributed by atoms with Gasteiger partial charge in [0.1, 0.15) is 5.82 Å². The summed E-state index contributed by atoms with van der Waals surface area (Å²) in [5, 5.41) is 0. The lowest BCUT2D eigenvalue weighted by Gasteiger charge is -2.14. The Morgan fingerprint density at radius 1 is 1.38 bits per heavy atom. The van der Waals surface area contributed by atoms with Crippen molar-refractivity contribution in [2.45, 2.75) is 38.6 Å². The van der Waals surface area contributed by atoms with Crippen LogP contribution in [0.1, 0.15) is 44.2 Å². The summed E-state index contributed by atoms with van der Waals surface area (Å²) in [5.41, 5.74) is 6.57. The highest BCUT2D eigenvalue weighted by Gasteiger charge is 2.13. The van der Waals surface area contributed by atoms with Crippen molar-refractivity contribution in [3.63, 3.8) is 0 Å². The molecule has 0 bridgehead atoms. The van der Waals surface area contributed by atoms with E-state index in [1.165, 1.54) is 6.07 Å². The molecule has 0 heterocycles. The molecule has 0 aliphatic rings. The summed E-state index contributed by atoms with van der Waals surface area (Å²) in [7, 11) is 0. The van der Waals surface area contributed by atoms with Crippen LogP contribution in [0.4, 0.5) is 4.39 Å². The molecule has 0 unspecified atom stereocenters. The summed E-state index contributed by atoms with van der Waals surface area (Å²) >= 11 is 3.34. The number of hydrogen-bond acceptors (Lipinski definition) is 1. The second-order valence-electron chi connectivity index (χ2n) is 3.74. The van der Waals surface area contributed by atoms with Crippen molar-refractivity contribution in [3.05, 3.63) is 34.1 Å². The van der Waals surface area contributed by atoms with Crippen LogP contribution in [0.15, 0.2) is 22.7 Å². The van der Waals surface area contributed by atoms with E-state index in [0.717, 1.165) is 30.2 Å². The van der Waals surface area contributed by atoms with Gasteiger partial charge in [0.25, 0.3) is 0 Å². The normalized spacial score (nSPS) is 12.0. The Kier molecular flexibility index (Phi) is 7.98. The summed E-state index contributed by atoms with van der Waals surface area (Å²) in [6, 6.07) is 4.77. The van der Waals surface area contributed by atoms with Gasteiger partial charge in [-0.05, 0) is 18.6 Å². The molecule has 92 valence electrons. The number of benzene rings is 1. The van der Waals surface area contributed by atoms with Gasteiger partial charge in [-0.2, -0.15) is 0 Å². The van der Waals surface area contributed by atoms with Crippen LogP contribution in [0.2, 0.25) is 0 Å². The molecule has 4 heteroatoms. The molecule has 0 saturated carbocycles. The van der Waals surface area contributed by atoms with Crippen molar-refractivity contribution in [1.29, 1.82) is 0 Å². The standard InChI is InChI=1S/C12H17BrFN.ClH/c1-2-3-4-8-11(15)12-9(13)6-5-7-10(12)14;/h5-7,11H,2-4,8,15H2,1H3;1H/t11-;/m0./s1. The van der Waals surface area contributed by atoms with Gasteiger partial charge in [0.15, 0.2) is 0 Å². The molecule has 1 aromatic rings. The maximum Gasteiger partial charge on any atom is 0.129 e. The summed E-state index contributed by atoms with van der Waals surface area (Å²) < 4.78 is 14.3. The Morgan fingerprint density at radius 3 is 2.62 bits per heavy atom. The minimum atomic E-state index is -0.214. The Labute approximate surface area is 111 Å². The molecule has 1 aromatic carbocycles. The Bertz CT molecular complexity index is 300. The minimum Gasteiger partial charge on any atom is -0.324 e. The van der Waals surface area contributed by atoms with E-state index < -0.39 is 0 Å². The third-order valence-electron chi connectivity index (χ3n) is 2.49. The first-order chi connectivity index (χ1) is 7.16. The quantitative estimate of drug-likeness (QED) is 0.791. The Balaban J connectivity index is 0.00000225. The van der Waals surface area contributed by atoms with E-state index in [0.29, 0.717) is 5.56 Å². The molecular formula is C12H18BrClFN. The smallest absolute Gasteiger partial charge is 0.129 e. The molecule has 0 fully saturated rings. The lowest BCUT2D eigenvalue weighted by atomic mass is 10.0. The van der Waals surface area contributed by atoms with Gasteiger partial charge in [-0.1, -0.05) is 48.2 Å². The topological polar surface area (TPSA) is 26.0 Å². The SMILES string of the molecule is CCCCC[C@H](N)c1c(F)cccc1Br.Cl. The molecule has 0 aliphatic carbocycles. The van der Waals surface area contributed by atoms with E-state index in [2.05, 4.69) is 22.9 Å². The van der Waals surface area contributed by atoms with Crippen LogP contribution < -0.4 is 5.73 Å². The third-order valence-corrected chi connectivity index (χ3v) is 3.18. The Hall–Kier alpha value is -0.120. The van der Waals surface area contributed by atoms with Gasteiger partial charge in [-0.25, -0.2) is 4.39 Å². The Morgan fingerprint density at radius 2 is 2.06 bits per heavy atom. The number of unbranched alkanes of at least 4 members (excludes halogenated alkanes) is 2. The average molecular weight is 311 g/mol. The van der Waals surface area contributed by atoms with Crippen LogP contribution in [0.3, 0.4) is 0 Å². The largest absolute Gasteiger partial charge is 0.324 e. The van der Waals surface area contributed by atoms with E-state index >= 15 is 0 Å². The highest BCUT2D eigenvalue weighted by molar-refractivity contribution is 9.10. The van der Waals surface area contributed by atoms with Crippen molar-refractivity contribution in [2.24, 2.45) is 5.73 Å². The molecule has 1 nitrogen and oxygen atoms in total. The van der Waals surface area contributed by atoms with Gasteiger partial charge in [0, 0.05) is 16.1 Å². The number of rotatable bonds is 5. The van der Waals surface area contributed by atoms with Gasteiger partial charge in [0.2, 0.25) is 0 Å². The molecule has 16 heavy (non-hydrogen) atoms. The molecule has 0 aliphatic heterocycles. The molecule has 1 rings (SSSR count). The van der Waals surface area contributed by atoms with Gasteiger partial charge in [-0.3, -0.25) is 0 Å². The number of halogens is 3. The molecule has 0 radical (unpaired) electrons. The summed E-state index contributed by atoms with van der Waals surface area (Å²) in [4.78, 5) is 0. The fourth-order valence-corrected chi connectivity index (χ4v) is 2.26. The minimum absolute atomic E-state index is 0. The second kappa shape index (κ2) is 8.04. The monoisotopic (exact) mass is 309 g/mol. The van der Waals surface area contributed by atoms with Crippen molar-refractivity contribution >= 4 is 28.3 Å². The molecule has 0 saturated heterocycles. The van der Waals surface area contributed by atoms with E-state index in [1.54, 1.807) is 6.07 Å². The predicted octanol–water partition coefficient (Wildman–Crippen LogP) is 4.59. The van der Waals surface area contributed by atoms with Crippen molar-refractivity contribution < 1.29 is 4.39 Å². The van der Waals surface area contributed by atoms with Crippen molar-refractivity contribution in [1.82, 2.24) is 0 Å². The molecule has 2 N–H and O–H groups in total. The first kappa shape index (κ1) is 15.9. The summed E-state index contributed by atoms with van der Waals surface area (Å²) in [5.74, 6) is -0.214. The second-order valence-corrected chi connectivity index (χ2v) is 4.59. The first-order valence-corrected chi connectivity index (χ1v) is 6.15. The van der Waals surface area contributed by atoms with E-state index in [-0.39, 0.29) is 24.3 Å². The van der Waals surface area contributed by atoms with Gasteiger partial charge < -0.3 is 5.73 Å². The van der Waals surface area contributed by atoms with Crippen molar-refractivity contribution in [3.8, 4) is 0 Å². The lowest BCUT2D eigenvalue weighted by molar-refractivity contribution is 0.536. The van der Waals surface area contributed by atoms with Crippen LogP contribution in [-0.4, -0.2) is 0 Å². The number of hydrogen-bond donors (Lipinski definition) is 1. The molecular weight excluding hydrogens is 292 g/mol. The average Bonchev–Trinajstić information content (AvgIpc) is 2.18. The zero-order valence-corrected chi connectivity index (χ0v) is 11.8. The molecule has 0 amide bonds. The number of nitrogens with two attached hydrogens (primary N) is 1. The summed E-state index contributed by atoms with van der Waals surface area (Å²) in [6.45, 7) is 2.14. The fourth-order valence-electron chi connectivity index (χ4n) is 1.62. The predicted molar refractivity (Wildman–Crippen MR) is 72.4 cm³/mol. The van der Waals surface area contributed by atoms with E-state index in [4.69, 9.17) is 5.73 Å². The highest BCUT2D eigenvalue weighted by atomic mass is 79.9. The van der Waals surface area contributed by atoms with Crippen molar-refractivity contribution in [2.75, 3.05) is 0 Å². The van der Waals surface area contributed by atoms with E-state index in [9.17, 15) is 4.39 Å². The van der Waals surface area contributed by atoms with Crippen LogP contribution in [0.5, 0.6) is 0 Å². The maximum atomic E-state index is 13.5. The zero-order valence-electron chi connectivity index (χ0n) is 9.38. The van der Waals surface area contributed by atoms with Crippen LogP contribution >= 0.6 is 28.3 Å². The van der Waals surface area contributed by atoms with Gasteiger partial charge in [0.05, 0.1) is 0 Å². The van der Waals surface area contributed by atoms with Crippen LogP contribution in [0.25, 0.3) is 0 Å². The maximum absolute atomic E-state index is 13.5. The molecule has 0 spiro atoms.